The van der Waals surface area contributed by atoms with Gasteiger partial charge in [0, 0.05) is 44.6 Å². The van der Waals surface area contributed by atoms with Gasteiger partial charge in [-0.2, -0.15) is 22.7 Å². The maximum atomic E-state index is 14.1. The van der Waals surface area contributed by atoms with Crippen LogP contribution >= 0.6 is 0 Å². The molecule has 3 N–H and O–H groups in total. The summed E-state index contributed by atoms with van der Waals surface area (Å²) in [5, 5.41) is 20.3. The van der Waals surface area contributed by atoms with E-state index in [9.17, 15) is 32.7 Å². The number of rotatable bonds is 9. The van der Waals surface area contributed by atoms with E-state index in [1.54, 1.807) is 4.57 Å². The third kappa shape index (κ3) is 6.88. The Balaban J connectivity index is 1.52. The Morgan fingerprint density at radius 3 is 2.52 bits per heavy atom. The quantitative estimate of drug-likeness (QED) is 0.233. The van der Waals surface area contributed by atoms with E-state index in [0.29, 0.717) is 37.4 Å². The number of carbonyl (C=O) groups excluding carboxylic acids is 2. The maximum absolute atomic E-state index is 14.1. The molecule has 0 unspecified atom stereocenters. The van der Waals surface area contributed by atoms with Crippen LogP contribution in [0.4, 0.5) is 24.5 Å². The topological polar surface area (TPSA) is 149 Å². The number of hydrogen-bond donors (Lipinski definition) is 3. The molecule has 0 bridgehead atoms. The molecule has 2 aliphatic rings. The molecule has 3 aromatic rings. The Morgan fingerprint density at radius 1 is 1.21 bits per heavy atom. The number of aliphatic hydroxyl groups excluding tert-OH is 1. The highest BCUT2D eigenvalue weighted by Crippen LogP contribution is 2.32. The van der Waals surface area contributed by atoms with E-state index in [1.807, 2.05) is 17.9 Å². The normalized spacial score (nSPS) is 15.8. The van der Waals surface area contributed by atoms with Crippen molar-refractivity contribution < 1.29 is 27.9 Å². The second-order valence-electron chi connectivity index (χ2n) is 11.3. The van der Waals surface area contributed by atoms with Gasteiger partial charge in [-0.25, -0.2) is 4.99 Å². The number of aryl methyl sites for hydroxylation is 1. The number of halogens is 3. The number of alkyl halides is 3. The number of nitrogens with one attached hydrogen (secondary N) is 2. The molecule has 0 atom stereocenters. The first kappa shape index (κ1) is 34.1. The number of benzene rings is 1. The van der Waals surface area contributed by atoms with Crippen molar-refractivity contribution in [2.75, 3.05) is 49.5 Å². The molecule has 1 fully saturated rings. The number of hydrogen-bond acceptors (Lipinski definition) is 9. The van der Waals surface area contributed by atoms with Gasteiger partial charge in [-0.1, -0.05) is 26.2 Å². The fourth-order valence-corrected chi connectivity index (χ4v) is 5.83. The average Bonchev–Trinajstić information content (AvgIpc) is 3.51. The average molecular weight is 668 g/mol. The Bertz CT molecular complexity index is 1900. The Labute approximate surface area is 273 Å². The van der Waals surface area contributed by atoms with E-state index in [2.05, 4.69) is 38.9 Å². The van der Waals surface area contributed by atoms with E-state index < -0.39 is 34.9 Å². The number of carbonyl (C=O) groups is 2. The fourth-order valence-electron chi connectivity index (χ4n) is 5.83. The van der Waals surface area contributed by atoms with Crippen LogP contribution in [0, 0.1) is 6.92 Å². The molecule has 1 saturated heterocycles. The molecule has 48 heavy (non-hydrogen) atoms. The highest BCUT2D eigenvalue weighted by atomic mass is 19.4. The van der Waals surface area contributed by atoms with E-state index >= 15 is 0 Å². The molecule has 2 aliphatic heterocycles. The summed E-state index contributed by atoms with van der Waals surface area (Å²) in [5.74, 6) is -1.05. The smallest absolute Gasteiger partial charge is 0.416 e. The Morgan fingerprint density at radius 2 is 1.94 bits per heavy atom. The maximum Gasteiger partial charge on any atom is 0.416 e. The monoisotopic (exact) mass is 667 g/mol. The van der Waals surface area contributed by atoms with E-state index in [0.717, 1.165) is 23.9 Å². The van der Waals surface area contributed by atoms with Crippen molar-refractivity contribution in [3.8, 4) is 0 Å². The van der Waals surface area contributed by atoms with Crippen LogP contribution in [0.25, 0.3) is 11.4 Å². The minimum Gasteiger partial charge on any atom is -0.506 e. The molecule has 0 saturated carbocycles. The summed E-state index contributed by atoms with van der Waals surface area (Å²) in [6.45, 7) is 12.1. The standard InChI is InChI=1S/C32H36F3N9O4/c1-5-24-27(41-13-15-42(16-14-41)29(47)26(20(4)45)37-6-2)30(48)44-31(39-28(40-44)21-9-11-36-12-10-21)43(24)18-25(46)38-23-8-7-22(17-19(23)3)32(33,34)35/h6-9,17,36,45H,2,4-5,10-16,18H2,1,3H3,(H,38,46). The van der Waals surface area contributed by atoms with Crippen LogP contribution < -0.4 is 21.1 Å². The molecule has 0 radical (unpaired) electrons. The first-order chi connectivity index (χ1) is 22.8. The number of amides is 2. The fraction of sp³-hybridized carbons (Fsp3) is 0.375. The lowest BCUT2D eigenvalue weighted by atomic mass is 10.1. The largest absolute Gasteiger partial charge is 0.506 e. The molecular formula is C32H36F3N9O4. The van der Waals surface area contributed by atoms with Gasteiger partial charge in [0.1, 0.15) is 18.0 Å². The Hall–Kier alpha value is -5.25. The van der Waals surface area contributed by atoms with Gasteiger partial charge < -0.3 is 30.1 Å². The summed E-state index contributed by atoms with van der Waals surface area (Å²) in [4.78, 5) is 52.5. The third-order valence-electron chi connectivity index (χ3n) is 8.22. The predicted octanol–water partition coefficient (Wildman–Crippen LogP) is 3.10. The molecule has 0 aliphatic carbocycles. The predicted molar refractivity (Wildman–Crippen MR) is 175 cm³/mol. The van der Waals surface area contributed by atoms with Crippen LogP contribution in [0.15, 0.2) is 59.2 Å². The van der Waals surface area contributed by atoms with Crippen LogP contribution in [0.5, 0.6) is 0 Å². The summed E-state index contributed by atoms with van der Waals surface area (Å²) in [6, 6.07) is 3.08. The Kier molecular flexibility index (Phi) is 9.84. The molecule has 1 aromatic carbocycles. The molecule has 0 spiro atoms. The van der Waals surface area contributed by atoms with Crippen molar-refractivity contribution in [1.29, 1.82) is 0 Å². The molecule has 2 amide bonds. The highest BCUT2D eigenvalue weighted by molar-refractivity contribution is 6.44. The minimum atomic E-state index is -4.52. The summed E-state index contributed by atoms with van der Waals surface area (Å²) in [5.41, 5.74) is 0.601. The van der Waals surface area contributed by atoms with Gasteiger partial charge in [-0.15, -0.1) is 5.10 Å². The van der Waals surface area contributed by atoms with E-state index in [-0.39, 0.29) is 61.2 Å². The summed E-state index contributed by atoms with van der Waals surface area (Å²) in [7, 11) is 0. The zero-order chi connectivity index (χ0) is 34.7. The number of nitrogens with zero attached hydrogens (tertiary/aromatic N) is 7. The number of piperazine rings is 1. The van der Waals surface area contributed by atoms with Gasteiger partial charge in [-0.05, 0) is 55.6 Å². The van der Waals surface area contributed by atoms with Crippen molar-refractivity contribution in [3.05, 3.63) is 82.4 Å². The molecule has 5 rings (SSSR count). The van der Waals surface area contributed by atoms with Gasteiger partial charge in [-0.3, -0.25) is 14.4 Å². The van der Waals surface area contributed by atoms with Gasteiger partial charge >= 0.3 is 6.18 Å². The number of fused-ring (bicyclic) bond motifs is 1. The summed E-state index contributed by atoms with van der Waals surface area (Å²) >= 11 is 0. The third-order valence-corrected chi connectivity index (χ3v) is 8.22. The van der Waals surface area contributed by atoms with Crippen molar-refractivity contribution in [3.63, 3.8) is 0 Å². The van der Waals surface area contributed by atoms with Crippen LogP contribution in [0.3, 0.4) is 0 Å². The van der Waals surface area contributed by atoms with Gasteiger partial charge in [0.2, 0.25) is 11.7 Å². The SMILES string of the molecule is C=CN=C(C(=C)O)C(=O)N1CCN(c2c(CC)n(CC(=O)Nc3ccc(C(F)(F)F)cc3C)c3nc(C4=CCNCC4)nn3c2=O)CC1. The second-order valence-corrected chi connectivity index (χ2v) is 11.3. The summed E-state index contributed by atoms with van der Waals surface area (Å²) < 4.78 is 42.4. The minimum absolute atomic E-state index is 0.148. The molecule has 2 aromatic heterocycles. The van der Waals surface area contributed by atoms with Crippen molar-refractivity contribution >= 4 is 40.3 Å². The van der Waals surface area contributed by atoms with Crippen molar-refractivity contribution in [2.24, 2.45) is 4.99 Å². The summed E-state index contributed by atoms with van der Waals surface area (Å²) in [6.07, 6.45) is -0.487. The van der Waals surface area contributed by atoms with Crippen molar-refractivity contribution in [1.82, 2.24) is 29.4 Å². The lowest BCUT2D eigenvalue weighted by Gasteiger charge is -2.36. The zero-order valence-electron chi connectivity index (χ0n) is 26.6. The van der Waals surface area contributed by atoms with E-state index in [4.69, 9.17) is 0 Å². The van der Waals surface area contributed by atoms with Crippen LogP contribution in [0.1, 0.15) is 36.0 Å². The molecule has 16 heteroatoms. The molecule has 4 heterocycles. The lowest BCUT2D eigenvalue weighted by molar-refractivity contribution is -0.137. The number of anilines is 2. The number of aliphatic imine (C=N–C) groups is 1. The first-order valence-corrected chi connectivity index (χ1v) is 15.3. The van der Waals surface area contributed by atoms with Crippen LogP contribution in [-0.4, -0.2) is 86.0 Å². The van der Waals surface area contributed by atoms with Crippen molar-refractivity contribution in [2.45, 2.75) is 39.4 Å². The molecular weight excluding hydrogens is 631 g/mol. The lowest BCUT2D eigenvalue weighted by Crippen LogP contribution is -2.52. The van der Waals surface area contributed by atoms with Crippen LogP contribution in [0.2, 0.25) is 0 Å². The second kappa shape index (κ2) is 13.9. The van der Waals surface area contributed by atoms with Gasteiger partial charge in [0.25, 0.3) is 11.5 Å². The zero-order valence-corrected chi connectivity index (χ0v) is 26.6. The van der Waals surface area contributed by atoms with Gasteiger partial charge in [0.15, 0.2) is 11.5 Å². The number of aliphatic hydroxyl groups is 1. The van der Waals surface area contributed by atoms with Gasteiger partial charge in [0.05, 0.1) is 11.3 Å². The number of aromatic nitrogens is 4. The molecule has 254 valence electrons. The first-order valence-electron chi connectivity index (χ1n) is 15.3. The highest BCUT2D eigenvalue weighted by Gasteiger charge is 2.32. The van der Waals surface area contributed by atoms with Crippen LogP contribution in [-0.2, 0) is 28.7 Å². The van der Waals surface area contributed by atoms with E-state index in [1.165, 1.54) is 22.4 Å². The molecule has 13 nitrogen and oxygen atoms in total.